The Kier molecular flexibility index (Phi) is 11.6. The number of carbonyl (C=O) groups is 1. The fourth-order valence-electron chi connectivity index (χ4n) is 1.99. The van der Waals surface area contributed by atoms with E-state index in [2.05, 4.69) is 73.0 Å². The summed E-state index contributed by atoms with van der Waals surface area (Å²) in [5.41, 5.74) is 0.954. The van der Waals surface area contributed by atoms with Gasteiger partial charge in [0.2, 0.25) is 0 Å². The average Bonchev–Trinajstić information content (AvgIpc) is 2.59. The van der Waals surface area contributed by atoms with Crippen LogP contribution in [0.1, 0.15) is 53.5 Å². The Morgan fingerprint density at radius 2 is 1.40 bits per heavy atom. The van der Waals surface area contributed by atoms with E-state index in [0.29, 0.717) is 23.0 Å². The van der Waals surface area contributed by atoms with Crippen molar-refractivity contribution < 1.29 is 18.8 Å². The van der Waals surface area contributed by atoms with Crippen molar-refractivity contribution in [3.8, 4) is 0 Å². The summed E-state index contributed by atoms with van der Waals surface area (Å²) >= 11 is 0. The summed E-state index contributed by atoms with van der Waals surface area (Å²) in [5.74, 6) is 0. The highest BCUT2D eigenvalue weighted by Crippen LogP contribution is 2.44. The van der Waals surface area contributed by atoms with Crippen molar-refractivity contribution in [3.63, 3.8) is 0 Å². The zero-order chi connectivity index (χ0) is 23.6. The molecule has 0 bridgehead atoms. The van der Waals surface area contributed by atoms with Crippen LogP contribution in [0.2, 0.25) is 36.3 Å². The molecule has 0 aromatic heterocycles. The second-order valence-electron chi connectivity index (χ2n) is 10.7. The van der Waals surface area contributed by atoms with E-state index in [9.17, 15) is 4.79 Å². The zero-order valence-electron chi connectivity index (χ0n) is 20.9. The molecule has 1 rings (SSSR count). The molecule has 1 aromatic carbocycles. The number of ether oxygens (including phenoxy) is 1. The third-order valence-corrected chi connectivity index (χ3v) is 17.2. The fraction of sp³-hybridized carbons (Fsp3) is 0.696. The Labute approximate surface area is 186 Å². The molecule has 1 amide bonds. The number of amides is 1. The minimum absolute atomic E-state index is 0.0684. The van der Waals surface area contributed by atoms with Crippen LogP contribution in [-0.2, 0) is 15.5 Å². The van der Waals surface area contributed by atoms with Gasteiger partial charge in [0, 0.05) is 13.2 Å². The normalized spacial score (nSPS) is 12.6. The second-order valence-corrected chi connectivity index (χ2v) is 20.5. The molecule has 7 heteroatoms. The first-order valence-corrected chi connectivity index (χ1v) is 16.6. The van der Waals surface area contributed by atoms with Gasteiger partial charge >= 0.3 is 6.09 Å². The van der Waals surface area contributed by atoms with Crippen LogP contribution < -0.4 is 5.32 Å². The maximum absolute atomic E-state index is 11.1. The van der Waals surface area contributed by atoms with E-state index in [1.807, 2.05) is 30.3 Å². The van der Waals surface area contributed by atoms with E-state index >= 15 is 0 Å². The van der Waals surface area contributed by atoms with Crippen molar-refractivity contribution in [2.45, 2.75) is 90.8 Å². The van der Waals surface area contributed by atoms with Crippen LogP contribution in [0.5, 0.6) is 0 Å². The van der Waals surface area contributed by atoms with Crippen molar-refractivity contribution in [3.05, 3.63) is 35.9 Å². The molecule has 0 atom stereocenters. The van der Waals surface area contributed by atoms with Gasteiger partial charge in [-0.3, -0.25) is 0 Å². The molecule has 0 unspecified atom stereocenters. The SMILES string of the molecule is CC(C)(C)[Si](C)(C)O[Si](C)(C)C(C)(C)C.O=C(NCCCO)OCc1ccccc1. The highest BCUT2D eigenvalue weighted by Gasteiger charge is 2.46. The van der Waals surface area contributed by atoms with Gasteiger partial charge in [-0.15, -0.1) is 0 Å². The van der Waals surface area contributed by atoms with Gasteiger partial charge in [-0.2, -0.15) is 0 Å². The van der Waals surface area contributed by atoms with Crippen LogP contribution in [0.25, 0.3) is 0 Å². The van der Waals surface area contributed by atoms with Gasteiger partial charge < -0.3 is 19.3 Å². The first-order chi connectivity index (χ1) is 13.5. The number of nitrogens with one attached hydrogen (secondary N) is 1. The van der Waals surface area contributed by atoms with Gasteiger partial charge in [-0.25, -0.2) is 4.79 Å². The van der Waals surface area contributed by atoms with E-state index in [1.165, 1.54) is 0 Å². The summed E-state index contributed by atoms with van der Waals surface area (Å²) in [5, 5.41) is 11.7. The number of hydrogen-bond donors (Lipinski definition) is 2. The number of aliphatic hydroxyl groups is 1. The standard InChI is InChI=1S/C12H30OSi2.C11H15NO3/c1-11(2,3)14(7,8)13-15(9,10)12(4,5)6;13-8-4-7-12-11(14)15-9-10-5-2-1-3-6-10/h1-10H3;1-3,5-6,13H,4,7-9H2,(H,12,14). The van der Waals surface area contributed by atoms with E-state index in [1.54, 1.807) is 0 Å². The van der Waals surface area contributed by atoms with Crippen molar-refractivity contribution in [1.82, 2.24) is 5.32 Å². The van der Waals surface area contributed by atoms with Crippen molar-refractivity contribution in [1.29, 1.82) is 0 Å². The Morgan fingerprint density at radius 1 is 0.933 bits per heavy atom. The van der Waals surface area contributed by atoms with Crippen LogP contribution in [0.4, 0.5) is 4.79 Å². The maximum Gasteiger partial charge on any atom is 0.407 e. The lowest BCUT2D eigenvalue weighted by molar-refractivity contribution is 0.139. The van der Waals surface area contributed by atoms with Gasteiger partial charge in [0.15, 0.2) is 16.6 Å². The Balaban J connectivity index is 0.000000561. The molecule has 0 aliphatic carbocycles. The van der Waals surface area contributed by atoms with Crippen LogP contribution in [-0.4, -0.2) is 41.0 Å². The molecule has 0 heterocycles. The predicted molar refractivity (Wildman–Crippen MR) is 132 cm³/mol. The molecule has 0 radical (unpaired) electrons. The smallest absolute Gasteiger partial charge is 0.407 e. The summed E-state index contributed by atoms with van der Waals surface area (Å²) < 4.78 is 11.6. The van der Waals surface area contributed by atoms with E-state index in [0.717, 1.165) is 5.56 Å². The molecule has 0 aliphatic rings. The van der Waals surface area contributed by atoms with E-state index < -0.39 is 22.7 Å². The first-order valence-electron chi connectivity index (χ1n) is 10.8. The van der Waals surface area contributed by atoms with Gasteiger partial charge in [0.1, 0.15) is 6.61 Å². The fourth-order valence-corrected chi connectivity index (χ4v) is 9.54. The molecule has 2 N–H and O–H groups in total. The van der Waals surface area contributed by atoms with Crippen LogP contribution in [0, 0.1) is 0 Å². The number of hydrogen-bond acceptors (Lipinski definition) is 4. The summed E-state index contributed by atoms with van der Waals surface area (Å²) in [4.78, 5) is 11.1. The van der Waals surface area contributed by atoms with E-state index in [-0.39, 0.29) is 13.2 Å². The highest BCUT2D eigenvalue weighted by atomic mass is 28.4. The Hall–Kier alpha value is -1.16. The number of benzene rings is 1. The van der Waals surface area contributed by atoms with Crippen molar-refractivity contribution in [2.75, 3.05) is 13.2 Å². The lowest BCUT2D eigenvalue weighted by Gasteiger charge is -2.47. The number of rotatable bonds is 7. The van der Waals surface area contributed by atoms with Crippen molar-refractivity contribution >= 4 is 22.7 Å². The monoisotopic (exact) mass is 455 g/mol. The lowest BCUT2D eigenvalue weighted by Crippen LogP contribution is -2.53. The summed E-state index contributed by atoms with van der Waals surface area (Å²) in [6, 6.07) is 9.47. The third kappa shape index (κ3) is 10.7. The molecular formula is C23H45NO4Si2. The third-order valence-electron chi connectivity index (χ3n) is 5.94. The zero-order valence-corrected chi connectivity index (χ0v) is 22.9. The molecular weight excluding hydrogens is 410 g/mol. The number of carbonyl (C=O) groups excluding carboxylic acids is 1. The molecule has 0 spiro atoms. The average molecular weight is 456 g/mol. The molecule has 0 fully saturated rings. The lowest BCUT2D eigenvalue weighted by atomic mass is 10.2. The second kappa shape index (κ2) is 12.0. The molecule has 174 valence electrons. The predicted octanol–water partition coefficient (Wildman–Crippen LogP) is 6.31. The maximum atomic E-state index is 11.1. The molecule has 0 saturated heterocycles. The van der Waals surface area contributed by atoms with Gasteiger partial charge in [-0.1, -0.05) is 71.9 Å². The van der Waals surface area contributed by atoms with Crippen molar-refractivity contribution in [2.24, 2.45) is 0 Å². The van der Waals surface area contributed by atoms with Crippen LogP contribution in [0.15, 0.2) is 30.3 Å². The van der Waals surface area contributed by atoms with Crippen LogP contribution >= 0.6 is 0 Å². The quantitative estimate of drug-likeness (QED) is 0.373. The number of alkyl carbamates (subject to hydrolysis) is 1. The largest absolute Gasteiger partial charge is 0.455 e. The first kappa shape index (κ1) is 28.8. The van der Waals surface area contributed by atoms with Gasteiger partial charge in [-0.05, 0) is 48.2 Å². The summed E-state index contributed by atoms with van der Waals surface area (Å²) in [6.07, 6.45) is 0.0905. The van der Waals surface area contributed by atoms with Crippen LogP contribution in [0.3, 0.4) is 0 Å². The molecule has 30 heavy (non-hydrogen) atoms. The summed E-state index contributed by atoms with van der Waals surface area (Å²) in [6.45, 7) is 24.1. The molecule has 5 nitrogen and oxygen atoms in total. The topological polar surface area (TPSA) is 67.8 Å². The van der Waals surface area contributed by atoms with E-state index in [4.69, 9.17) is 14.0 Å². The molecule has 0 aliphatic heterocycles. The summed E-state index contributed by atoms with van der Waals surface area (Å²) in [7, 11) is -3.18. The van der Waals surface area contributed by atoms with Gasteiger partial charge in [0.05, 0.1) is 0 Å². The minimum Gasteiger partial charge on any atom is -0.455 e. The minimum atomic E-state index is -1.59. The Bertz CT molecular complexity index is 596. The number of aliphatic hydroxyl groups excluding tert-OH is 1. The highest BCUT2D eigenvalue weighted by molar-refractivity contribution is 6.87. The Morgan fingerprint density at radius 3 is 1.80 bits per heavy atom. The molecule has 1 aromatic rings. The molecule has 0 saturated carbocycles. The van der Waals surface area contributed by atoms with Gasteiger partial charge in [0.25, 0.3) is 0 Å².